The highest BCUT2D eigenvalue weighted by molar-refractivity contribution is 5.94. The van der Waals surface area contributed by atoms with Crippen molar-refractivity contribution in [2.24, 2.45) is 56.7 Å². The monoisotopic (exact) mass is 772 g/mol. The predicted octanol–water partition coefficient (Wildman–Crippen LogP) is 9.32. The maximum Gasteiger partial charge on any atom is 0.340 e. The van der Waals surface area contributed by atoms with Crippen LogP contribution in [0.3, 0.4) is 0 Å². The van der Waals surface area contributed by atoms with Gasteiger partial charge in [0.1, 0.15) is 11.6 Å². The molecule has 0 heterocycles. The van der Waals surface area contributed by atoms with Crippen LogP contribution in [0.5, 0.6) is 0 Å². The third kappa shape index (κ3) is 6.07. The molecule has 0 saturated heterocycles. The van der Waals surface area contributed by atoms with Crippen molar-refractivity contribution < 1.29 is 33.0 Å². The number of hydrogen-bond donors (Lipinski definition) is 3. The van der Waals surface area contributed by atoms with Gasteiger partial charge in [0.05, 0.1) is 24.2 Å². The van der Waals surface area contributed by atoms with E-state index in [1.807, 2.05) is 0 Å². The summed E-state index contributed by atoms with van der Waals surface area (Å²) in [6.45, 7) is 18.6. The molecule has 3 N–H and O–H groups in total. The van der Waals surface area contributed by atoms with E-state index >= 15 is 4.39 Å². The SMILES string of the molecule is C=C(C)[C@@H]1CC[C@]2(C(=O)NCc3cc(C(=O)NCc4cccc(C(=O)OC)c4F)ccc3F)CC[C@]3(C)C(CCC4[C@@]5(C)CC[C@H](O)C(C)(C)C5CC[C@]43C)C12. The van der Waals surface area contributed by atoms with Crippen LogP contribution in [0.1, 0.15) is 138 Å². The second-order valence-electron chi connectivity index (χ2n) is 19.7. The first-order valence-electron chi connectivity index (χ1n) is 20.9. The number of benzene rings is 2. The Labute approximate surface area is 331 Å². The number of aliphatic hydroxyl groups is 1. The van der Waals surface area contributed by atoms with Gasteiger partial charge in [0.2, 0.25) is 5.91 Å². The number of nitrogens with one attached hydrogen (secondary N) is 2. The molecule has 304 valence electrons. The largest absolute Gasteiger partial charge is 0.465 e. The van der Waals surface area contributed by atoms with Crippen LogP contribution in [-0.2, 0) is 22.6 Å². The van der Waals surface area contributed by atoms with Crippen molar-refractivity contribution in [1.82, 2.24) is 10.6 Å². The number of allylic oxidation sites excluding steroid dienone is 1. The number of halogens is 2. The Bertz CT molecular complexity index is 1930. The molecule has 2 aromatic rings. The van der Waals surface area contributed by atoms with Crippen LogP contribution in [0, 0.1) is 68.3 Å². The molecule has 0 bridgehead atoms. The third-order valence-corrected chi connectivity index (χ3v) is 17.2. The van der Waals surface area contributed by atoms with Crippen molar-refractivity contribution in [3.05, 3.63) is 82.4 Å². The van der Waals surface area contributed by atoms with E-state index in [0.717, 1.165) is 69.8 Å². The van der Waals surface area contributed by atoms with Crippen molar-refractivity contribution in [3.8, 4) is 0 Å². The van der Waals surface area contributed by atoms with Crippen LogP contribution >= 0.6 is 0 Å². The maximum atomic E-state index is 15.3. The summed E-state index contributed by atoms with van der Waals surface area (Å²) in [7, 11) is 1.17. The molecule has 4 unspecified atom stereocenters. The van der Waals surface area contributed by atoms with E-state index in [2.05, 4.69) is 63.5 Å². The molecule has 2 aromatic carbocycles. The minimum atomic E-state index is -0.814. The number of ether oxygens (including phenoxy) is 1. The van der Waals surface area contributed by atoms with E-state index in [1.54, 1.807) is 0 Å². The average Bonchev–Trinajstić information content (AvgIpc) is 3.57. The molecule has 5 fully saturated rings. The normalized spacial score (nSPS) is 36.9. The Morgan fingerprint density at radius 2 is 1.57 bits per heavy atom. The lowest BCUT2D eigenvalue weighted by Gasteiger charge is -2.72. The third-order valence-electron chi connectivity index (χ3n) is 17.2. The van der Waals surface area contributed by atoms with Gasteiger partial charge in [0.25, 0.3) is 5.91 Å². The molecule has 0 aromatic heterocycles. The van der Waals surface area contributed by atoms with Gasteiger partial charge in [-0.3, -0.25) is 9.59 Å². The van der Waals surface area contributed by atoms with E-state index in [-0.39, 0.29) is 80.9 Å². The number of rotatable bonds is 8. The van der Waals surface area contributed by atoms with Crippen LogP contribution in [0.15, 0.2) is 48.6 Å². The van der Waals surface area contributed by atoms with Crippen molar-refractivity contribution in [3.63, 3.8) is 0 Å². The fraction of sp³-hybridized carbons (Fsp3) is 0.638. The smallest absolute Gasteiger partial charge is 0.340 e. The molecular weight excluding hydrogens is 711 g/mol. The first-order valence-corrected chi connectivity index (χ1v) is 20.9. The minimum absolute atomic E-state index is 0.0329. The van der Waals surface area contributed by atoms with Crippen molar-refractivity contribution in [1.29, 1.82) is 0 Å². The molecule has 2 amide bonds. The molecule has 10 atom stereocenters. The number of methoxy groups -OCH3 is 1. The molecule has 5 aliphatic carbocycles. The van der Waals surface area contributed by atoms with Gasteiger partial charge in [0.15, 0.2) is 0 Å². The van der Waals surface area contributed by atoms with Crippen LogP contribution in [0.25, 0.3) is 0 Å². The highest BCUT2D eigenvalue weighted by Gasteiger charge is 2.71. The van der Waals surface area contributed by atoms with Gasteiger partial charge in [-0.1, -0.05) is 58.9 Å². The average molecular weight is 773 g/mol. The van der Waals surface area contributed by atoms with Crippen LogP contribution in [0.4, 0.5) is 8.78 Å². The summed E-state index contributed by atoms with van der Waals surface area (Å²) in [4.78, 5) is 39.8. The molecule has 7 rings (SSSR count). The Hall–Kier alpha value is -3.59. The molecular formula is C47H62F2N2O5. The van der Waals surface area contributed by atoms with E-state index in [0.29, 0.717) is 17.8 Å². The van der Waals surface area contributed by atoms with Crippen LogP contribution in [-0.4, -0.2) is 36.1 Å². The molecule has 5 aliphatic rings. The quantitative estimate of drug-likeness (QED) is 0.183. The summed E-state index contributed by atoms with van der Waals surface area (Å²) in [6, 6.07) is 8.31. The zero-order valence-corrected chi connectivity index (χ0v) is 34.5. The summed E-state index contributed by atoms with van der Waals surface area (Å²) >= 11 is 0. The number of aliphatic hydroxyl groups excluding tert-OH is 1. The standard InChI is InChI=1S/C47H62F2N2O5/c1-27(2)31-16-21-47(23-22-45(6)33(38(31)47)13-15-36-44(5)19-18-37(52)43(3,4)35(44)17-20-46(36,45)7)42(55)51-26-30-24-28(12-14-34(30)48)40(53)50-25-29-10-9-11-32(39(29)49)41(54)56-8/h9-12,14,24,31,33,35-38,52H,1,13,15-23,25-26H2,2-8H3,(H,50,53)(H,51,55)/t31-,33?,35?,36?,37-,38?,44-,45+,46+,47-/m0/s1. The zero-order chi connectivity index (χ0) is 40.6. The second-order valence-corrected chi connectivity index (χ2v) is 19.7. The lowest BCUT2D eigenvalue weighted by molar-refractivity contribution is -0.246. The van der Waals surface area contributed by atoms with Crippen LogP contribution in [0.2, 0.25) is 0 Å². The summed E-state index contributed by atoms with van der Waals surface area (Å²) in [5.41, 5.74) is 1.05. The number of carbonyl (C=O) groups is 3. The van der Waals surface area contributed by atoms with Crippen molar-refractivity contribution in [2.45, 2.75) is 125 Å². The molecule has 9 heteroatoms. The zero-order valence-electron chi connectivity index (χ0n) is 34.5. The Morgan fingerprint density at radius 1 is 0.839 bits per heavy atom. The van der Waals surface area contributed by atoms with Gasteiger partial charge >= 0.3 is 5.97 Å². The van der Waals surface area contributed by atoms with Gasteiger partial charge < -0.3 is 20.5 Å². The van der Waals surface area contributed by atoms with Crippen LogP contribution < -0.4 is 10.6 Å². The summed E-state index contributed by atoms with van der Waals surface area (Å²) in [6.07, 6.45) is 9.59. The molecule has 5 saturated carbocycles. The maximum absolute atomic E-state index is 15.3. The second kappa shape index (κ2) is 14.4. The first-order chi connectivity index (χ1) is 26.4. The highest BCUT2D eigenvalue weighted by Crippen LogP contribution is 2.77. The van der Waals surface area contributed by atoms with Gasteiger partial charge in [0, 0.05) is 29.8 Å². The number of esters is 1. The lowest BCUT2D eigenvalue weighted by Crippen LogP contribution is -2.67. The lowest BCUT2D eigenvalue weighted by atomic mass is 9.32. The summed E-state index contributed by atoms with van der Waals surface area (Å²) in [5.74, 6) is -0.898. The first kappa shape index (κ1) is 40.6. The van der Waals surface area contributed by atoms with Gasteiger partial charge in [-0.25, -0.2) is 13.6 Å². The minimum Gasteiger partial charge on any atom is -0.465 e. The van der Waals surface area contributed by atoms with Gasteiger partial charge in [-0.2, -0.15) is 0 Å². The Morgan fingerprint density at radius 3 is 2.29 bits per heavy atom. The number of amides is 2. The predicted molar refractivity (Wildman–Crippen MR) is 212 cm³/mol. The fourth-order valence-corrected chi connectivity index (χ4v) is 14.0. The van der Waals surface area contributed by atoms with Crippen molar-refractivity contribution in [2.75, 3.05) is 7.11 Å². The Kier molecular flexibility index (Phi) is 10.4. The Balaban J connectivity index is 1.09. The van der Waals surface area contributed by atoms with Gasteiger partial charge in [-0.15, -0.1) is 0 Å². The molecule has 7 nitrogen and oxygen atoms in total. The van der Waals surface area contributed by atoms with Gasteiger partial charge in [-0.05, 0) is 147 Å². The molecule has 56 heavy (non-hydrogen) atoms. The van der Waals surface area contributed by atoms with E-state index in [1.165, 1.54) is 43.5 Å². The molecule has 0 radical (unpaired) electrons. The van der Waals surface area contributed by atoms with E-state index in [4.69, 9.17) is 0 Å². The van der Waals surface area contributed by atoms with E-state index < -0.39 is 28.9 Å². The molecule has 0 aliphatic heterocycles. The topological polar surface area (TPSA) is 105 Å². The number of hydrogen-bond acceptors (Lipinski definition) is 5. The fourth-order valence-electron chi connectivity index (χ4n) is 14.0. The summed E-state index contributed by atoms with van der Waals surface area (Å²) < 4.78 is 34.9. The molecule has 0 spiro atoms. The summed E-state index contributed by atoms with van der Waals surface area (Å²) in [5, 5.41) is 16.9. The number of fused-ring (bicyclic) bond motifs is 7. The number of carbonyl (C=O) groups excluding carboxylic acids is 3. The van der Waals surface area contributed by atoms with E-state index in [9.17, 15) is 23.9 Å². The highest BCUT2D eigenvalue weighted by atomic mass is 19.1. The van der Waals surface area contributed by atoms with Crippen molar-refractivity contribution >= 4 is 17.8 Å².